The van der Waals surface area contributed by atoms with Crippen LogP contribution in [-0.4, -0.2) is 39.3 Å². The van der Waals surface area contributed by atoms with Crippen LogP contribution in [0.15, 0.2) is 12.1 Å². The third kappa shape index (κ3) is 3.08. The summed E-state index contributed by atoms with van der Waals surface area (Å²) in [5.41, 5.74) is 5.87. The predicted molar refractivity (Wildman–Crippen MR) is 70.0 cm³/mol. The summed E-state index contributed by atoms with van der Waals surface area (Å²) in [5, 5.41) is 2.79. The molecular weight excluding hydrogens is 248 g/mol. The summed E-state index contributed by atoms with van der Waals surface area (Å²) in [7, 11) is 1.53. The lowest BCUT2D eigenvalue weighted by Crippen LogP contribution is -2.26. The molecule has 2 rings (SSSR count). The highest BCUT2D eigenvalue weighted by atomic mass is 16.6. The molecule has 0 radical (unpaired) electrons. The molecule has 6 nitrogen and oxygen atoms in total. The van der Waals surface area contributed by atoms with Gasteiger partial charge in [0.25, 0.3) is 5.91 Å². The number of carbonyl (C=O) groups excluding carboxylic acids is 1. The second-order valence-corrected chi connectivity index (χ2v) is 4.10. The van der Waals surface area contributed by atoms with Crippen molar-refractivity contribution in [3.63, 3.8) is 0 Å². The van der Waals surface area contributed by atoms with Crippen molar-refractivity contribution in [3.05, 3.63) is 17.7 Å². The highest BCUT2D eigenvalue weighted by Gasteiger charge is 2.20. The fourth-order valence-electron chi connectivity index (χ4n) is 1.81. The van der Waals surface area contributed by atoms with Crippen LogP contribution >= 0.6 is 0 Å². The van der Waals surface area contributed by atoms with Crippen molar-refractivity contribution >= 4 is 5.91 Å². The molecule has 0 saturated heterocycles. The number of hydrogen-bond acceptors (Lipinski definition) is 5. The fraction of sp³-hybridized carbons (Fsp3) is 0.462. The maximum Gasteiger partial charge on any atom is 0.251 e. The van der Waals surface area contributed by atoms with Gasteiger partial charge in [-0.3, -0.25) is 4.79 Å². The van der Waals surface area contributed by atoms with Crippen LogP contribution in [0.2, 0.25) is 0 Å². The van der Waals surface area contributed by atoms with Gasteiger partial charge < -0.3 is 25.3 Å². The van der Waals surface area contributed by atoms with Gasteiger partial charge in [0.1, 0.15) is 13.2 Å². The van der Waals surface area contributed by atoms with Crippen molar-refractivity contribution in [1.82, 2.24) is 5.32 Å². The summed E-state index contributed by atoms with van der Waals surface area (Å²) in [5.74, 6) is 1.41. The topological polar surface area (TPSA) is 82.8 Å². The Kier molecular flexibility index (Phi) is 4.46. The number of methoxy groups -OCH3 is 1. The van der Waals surface area contributed by atoms with Crippen LogP contribution in [0, 0.1) is 0 Å². The van der Waals surface area contributed by atoms with Crippen molar-refractivity contribution in [2.45, 2.75) is 6.42 Å². The van der Waals surface area contributed by atoms with Crippen molar-refractivity contribution in [1.29, 1.82) is 0 Å². The molecule has 6 heteroatoms. The standard InChI is InChI=1S/C13H18N2O4/c1-17-10-7-9(13(16)15-4-2-3-14)8-11-12(10)19-6-5-18-11/h7-8H,2-6,14H2,1H3,(H,15,16). The molecule has 1 aromatic carbocycles. The van der Waals surface area contributed by atoms with Gasteiger partial charge >= 0.3 is 0 Å². The number of nitrogens with two attached hydrogens (primary N) is 1. The smallest absolute Gasteiger partial charge is 0.251 e. The molecule has 1 aliphatic heterocycles. The lowest BCUT2D eigenvalue weighted by molar-refractivity contribution is 0.0951. The fourth-order valence-corrected chi connectivity index (χ4v) is 1.81. The molecule has 0 aromatic heterocycles. The normalized spacial score (nSPS) is 12.9. The van der Waals surface area contributed by atoms with Crippen LogP contribution in [0.5, 0.6) is 17.2 Å². The van der Waals surface area contributed by atoms with E-state index in [0.717, 1.165) is 6.42 Å². The molecule has 0 fully saturated rings. The Labute approximate surface area is 111 Å². The van der Waals surface area contributed by atoms with Crippen molar-refractivity contribution in [3.8, 4) is 17.2 Å². The van der Waals surface area contributed by atoms with Crippen LogP contribution < -0.4 is 25.3 Å². The van der Waals surface area contributed by atoms with Crippen LogP contribution in [0.3, 0.4) is 0 Å². The van der Waals surface area contributed by atoms with E-state index < -0.39 is 0 Å². The third-order valence-corrected chi connectivity index (χ3v) is 2.76. The van der Waals surface area contributed by atoms with Crippen LogP contribution in [0.1, 0.15) is 16.8 Å². The van der Waals surface area contributed by atoms with Crippen LogP contribution in [0.25, 0.3) is 0 Å². The van der Waals surface area contributed by atoms with Crippen LogP contribution in [0.4, 0.5) is 0 Å². The minimum atomic E-state index is -0.177. The highest BCUT2D eigenvalue weighted by Crippen LogP contribution is 2.40. The molecule has 1 aliphatic rings. The van der Waals surface area contributed by atoms with Crippen molar-refractivity contribution in [2.75, 3.05) is 33.4 Å². The van der Waals surface area contributed by atoms with Crippen molar-refractivity contribution < 1.29 is 19.0 Å². The molecule has 104 valence electrons. The zero-order valence-corrected chi connectivity index (χ0v) is 10.9. The van der Waals surface area contributed by atoms with Gasteiger partial charge in [-0.05, 0) is 25.1 Å². The minimum Gasteiger partial charge on any atom is -0.493 e. The van der Waals surface area contributed by atoms with Gasteiger partial charge in [0.15, 0.2) is 11.5 Å². The number of fused-ring (bicyclic) bond motifs is 1. The summed E-state index contributed by atoms with van der Waals surface area (Å²) in [6, 6.07) is 3.31. The van der Waals surface area contributed by atoms with E-state index in [1.54, 1.807) is 12.1 Å². The van der Waals surface area contributed by atoms with Gasteiger partial charge in [-0.15, -0.1) is 0 Å². The molecule has 0 spiro atoms. The van der Waals surface area contributed by atoms with E-state index in [0.29, 0.717) is 49.1 Å². The van der Waals surface area contributed by atoms with Gasteiger partial charge in [0, 0.05) is 12.1 Å². The Bertz CT molecular complexity index is 445. The number of ether oxygens (including phenoxy) is 3. The number of benzene rings is 1. The molecule has 0 atom stereocenters. The van der Waals surface area contributed by atoms with E-state index in [9.17, 15) is 4.79 Å². The van der Waals surface area contributed by atoms with Gasteiger partial charge in [-0.25, -0.2) is 0 Å². The SMILES string of the molecule is COc1cc(C(=O)NCCCN)cc2c1OCCO2. The average Bonchev–Trinajstić information content (AvgIpc) is 2.46. The Hall–Kier alpha value is -1.95. The third-order valence-electron chi connectivity index (χ3n) is 2.76. The Morgan fingerprint density at radius 1 is 1.42 bits per heavy atom. The molecule has 19 heavy (non-hydrogen) atoms. The number of rotatable bonds is 5. The molecule has 1 amide bonds. The van der Waals surface area contributed by atoms with E-state index in [4.69, 9.17) is 19.9 Å². The molecule has 0 saturated carbocycles. The zero-order chi connectivity index (χ0) is 13.7. The molecule has 0 bridgehead atoms. The summed E-state index contributed by atoms with van der Waals surface area (Å²) >= 11 is 0. The Morgan fingerprint density at radius 2 is 2.21 bits per heavy atom. The van der Waals surface area contributed by atoms with Crippen molar-refractivity contribution in [2.24, 2.45) is 5.73 Å². The van der Waals surface area contributed by atoms with Gasteiger partial charge in [-0.1, -0.05) is 0 Å². The Morgan fingerprint density at radius 3 is 2.95 bits per heavy atom. The minimum absolute atomic E-state index is 0.177. The lowest BCUT2D eigenvalue weighted by Gasteiger charge is -2.21. The highest BCUT2D eigenvalue weighted by molar-refractivity contribution is 5.95. The summed E-state index contributed by atoms with van der Waals surface area (Å²) in [6.07, 6.45) is 0.743. The second-order valence-electron chi connectivity index (χ2n) is 4.10. The quantitative estimate of drug-likeness (QED) is 0.760. The predicted octanol–water partition coefficient (Wildman–Crippen LogP) is 0.545. The van der Waals surface area contributed by atoms with E-state index >= 15 is 0 Å². The first kappa shape index (κ1) is 13.5. The molecule has 0 unspecified atom stereocenters. The maximum absolute atomic E-state index is 12.0. The zero-order valence-electron chi connectivity index (χ0n) is 10.9. The van der Waals surface area contributed by atoms with E-state index in [1.165, 1.54) is 7.11 Å². The molecule has 1 heterocycles. The first-order valence-electron chi connectivity index (χ1n) is 6.22. The monoisotopic (exact) mass is 266 g/mol. The molecule has 3 N–H and O–H groups in total. The Balaban J connectivity index is 2.19. The van der Waals surface area contributed by atoms with E-state index in [2.05, 4.69) is 5.32 Å². The summed E-state index contributed by atoms with van der Waals surface area (Å²) in [6.45, 7) is 2.04. The van der Waals surface area contributed by atoms with Gasteiger partial charge in [0.05, 0.1) is 7.11 Å². The average molecular weight is 266 g/mol. The summed E-state index contributed by atoms with van der Waals surface area (Å²) < 4.78 is 16.2. The second kappa shape index (κ2) is 6.29. The number of hydrogen-bond donors (Lipinski definition) is 2. The van der Waals surface area contributed by atoms with Gasteiger partial charge in [0.2, 0.25) is 5.75 Å². The maximum atomic E-state index is 12.0. The van der Waals surface area contributed by atoms with Crippen LogP contribution in [-0.2, 0) is 0 Å². The lowest BCUT2D eigenvalue weighted by atomic mass is 10.1. The first-order valence-corrected chi connectivity index (χ1v) is 6.22. The molecule has 0 aliphatic carbocycles. The van der Waals surface area contributed by atoms with Gasteiger partial charge in [-0.2, -0.15) is 0 Å². The van der Waals surface area contributed by atoms with E-state index in [-0.39, 0.29) is 5.91 Å². The molecule has 1 aromatic rings. The number of nitrogens with one attached hydrogen (secondary N) is 1. The first-order chi connectivity index (χ1) is 9.26. The largest absolute Gasteiger partial charge is 0.493 e. The molecular formula is C13H18N2O4. The number of carbonyl (C=O) groups is 1. The van der Waals surface area contributed by atoms with E-state index in [1.807, 2.05) is 0 Å². The summed E-state index contributed by atoms with van der Waals surface area (Å²) in [4.78, 5) is 12.0. The number of amides is 1.